The van der Waals surface area contributed by atoms with Crippen LogP contribution in [0.1, 0.15) is 30.9 Å². The van der Waals surface area contributed by atoms with Gasteiger partial charge in [0.05, 0.1) is 23.7 Å². The first-order valence-electron chi connectivity index (χ1n) is 10.3. The van der Waals surface area contributed by atoms with Crippen LogP contribution in [0.5, 0.6) is 0 Å². The summed E-state index contributed by atoms with van der Waals surface area (Å²) in [6.07, 6.45) is 0.670. The summed E-state index contributed by atoms with van der Waals surface area (Å²) < 4.78 is 6.66. The molecule has 0 spiro atoms. The normalized spacial score (nSPS) is 14.5. The predicted molar refractivity (Wildman–Crippen MR) is 115 cm³/mol. The molecule has 0 aliphatic carbocycles. The SMILES string of the molecule is O=C(CCn1[nH]c(=O)c2ccccc2c1=O)O[C@H](C(=O)N1CCCC1)c1ccccc1. The van der Waals surface area contributed by atoms with Crippen molar-refractivity contribution in [3.8, 4) is 0 Å². The molecular weight excluding hydrogens is 398 g/mol. The Balaban J connectivity index is 1.50. The summed E-state index contributed by atoms with van der Waals surface area (Å²) in [5.41, 5.74) is -0.199. The van der Waals surface area contributed by atoms with E-state index in [1.807, 2.05) is 6.07 Å². The fourth-order valence-electron chi connectivity index (χ4n) is 3.79. The molecule has 1 fully saturated rings. The second-order valence-electron chi connectivity index (χ2n) is 7.51. The molecule has 1 aromatic heterocycles. The van der Waals surface area contributed by atoms with Gasteiger partial charge in [-0.2, -0.15) is 0 Å². The topological polar surface area (TPSA) is 101 Å². The van der Waals surface area contributed by atoms with Crippen LogP contribution in [0.15, 0.2) is 64.2 Å². The van der Waals surface area contributed by atoms with E-state index in [9.17, 15) is 19.2 Å². The van der Waals surface area contributed by atoms with Crippen molar-refractivity contribution >= 4 is 22.6 Å². The number of carbonyl (C=O) groups is 2. The number of rotatable bonds is 6. The van der Waals surface area contributed by atoms with Gasteiger partial charge >= 0.3 is 5.97 Å². The third-order valence-corrected chi connectivity index (χ3v) is 5.42. The smallest absolute Gasteiger partial charge is 0.308 e. The van der Waals surface area contributed by atoms with Crippen molar-refractivity contribution in [3.63, 3.8) is 0 Å². The number of fused-ring (bicyclic) bond motifs is 1. The molecule has 0 bridgehead atoms. The zero-order valence-corrected chi connectivity index (χ0v) is 17.0. The van der Waals surface area contributed by atoms with Crippen molar-refractivity contribution < 1.29 is 14.3 Å². The van der Waals surface area contributed by atoms with Crippen molar-refractivity contribution in [1.82, 2.24) is 14.7 Å². The number of carbonyl (C=O) groups excluding carboxylic acids is 2. The summed E-state index contributed by atoms with van der Waals surface area (Å²) in [6, 6.07) is 15.4. The first kappa shape index (κ1) is 20.6. The highest BCUT2D eigenvalue weighted by atomic mass is 16.5. The van der Waals surface area contributed by atoms with Crippen LogP contribution < -0.4 is 11.1 Å². The van der Waals surface area contributed by atoms with E-state index in [1.54, 1.807) is 53.4 Å². The maximum Gasteiger partial charge on any atom is 0.308 e. The van der Waals surface area contributed by atoms with Gasteiger partial charge in [0, 0.05) is 18.7 Å². The molecule has 1 amide bonds. The maximum absolute atomic E-state index is 12.9. The Morgan fingerprint density at radius 2 is 1.58 bits per heavy atom. The highest BCUT2D eigenvalue weighted by Crippen LogP contribution is 2.23. The lowest BCUT2D eigenvalue weighted by molar-refractivity contribution is -0.160. The van der Waals surface area contributed by atoms with Crippen molar-refractivity contribution in [2.24, 2.45) is 0 Å². The molecule has 160 valence electrons. The number of nitrogens with zero attached hydrogens (tertiary/aromatic N) is 2. The Morgan fingerprint density at radius 3 is 2.29 bits per heavy atom. The lowest BCUT2D eigenvalue weighted by atomic mass is 10.1. The molecule has 2 aromatic carbocycles. The van der Waals surface area contributed by atoms with E-state index in [0.717, 1.165) is 17.5 Å². The fraction of sp³-hybridized carbons (Fsp3) is 0.304. The standard InChI is InChI=1S/C23H23N3O5/c27-19(12-15-26-22(29)18-11-5-4-10-17(18)21(28)24-26)31-20(16-8-2-1-3-9-16)23(30)25-13-6-7-14-25/h1-5,8-11,20H,6-7,12-15H2,(H,24,28)/t20-/m0/s1. The molecule has 8 heteroatoms. The third kappa shape index (κ3) is 4.42. The molecule has 0 saturated carbocycles. The van der Waals surface area contributed by atoms with Gasteiger partial charge in [0.15, 0.2) is 0 Å². The highest BCUT2D eigenvalue weighted by Gasteiger charge is 2.30. The number of H-pyrrole nitrogens is 1. The van der Waals surface area contributed by atoms with Crippen LogP contribution in [0.25, 0.3) is 10.8 Å². The van der Waals surface area contributed by atoms with E-state index in [0.29, 0.717) is 24.0 Å². The molecule has 1 atom stereocenters. The minimum absolute atomic E-state index is 0.0584. The van der Waals surface area contributed by atoms with Gasteiger partial charge < -0.3 is 9.64 Å². The van der Waals surface area contributed by atoms with Gasteiger partial charge in [-0.25, -0.2) is 4.68 Å². The van der Waals surface area contributed by atoms with Crippen LogP contribution in [0.3, 0.4) is 0 Å². The monoisotopic (exact) mass is 421 g/mol. The molecular formula is C23H23N3O5. The van der Waals surface area contributed by atoms with Crippen LogP contribution in [0.2, 0.25) is 0 Å². The Morgan fingerprint density at radius 1 is 0.935 bits per heavy atom. The van der Waals surface area contributed by atoms with E-state index in [2.05, 4.69) is 5.10 Å². The molecule has 1 aliphatic heterocycles. The van der Waals surface area contributed by atoms with E-state index in [-0.39, 0.29) is 24.3 Å². The van der Waals surface area contributed by atoms with E-state index in [1.165, 1.54) is 0 Å². The summed E-state index contributed by atoms with van der Waals surface area (Å²) in [5.74, 6) is -0.865. The lowest BCUT2D eigenvalue weighted by Gasteiger charge is -2.23. The maximum atomic E-state index is 12.9. The fourth-order valence-corrected chi connectivity index (χ4v) is 3.79. The number of aryl methyl sites for hydroxylation is 1. The average Bonchev–Trinajstić information content (AvgIpc) is 3.34. The molecule has 0 unspecified atom stereocenters. The first-order chi connectivity index (χ1) is 15.0. The molecule has 3 aromatic rings. The zero-order chi connectivity index (χ0) is 21.8. The quantitative estimate of drug-likeness (QED) is 0.614. The molecule has 8 nitrogen and oxygen atoms in total. The molecule has 1 N–H and O–H groups in total. The number of esters is 1. The number of likely N-dealkylation sites (tertiary alicyclic amines) is 1. The number of ether oxygens (including phenoxy) is 1. The Labute approximate surface area is 178 Å². The Kier molecular flexibility index (Phi) is 5.97. The van der Waals surface area contributed by atoms with Crippen LogP contribution >= 0.6 is 0 Å². The van der Waals surface area contributed by atoms with Crippen molar-refractivity contribution in [1.29, 1.82) is 0 Å². The Hall–Kier alpha value is -3.68. The minimum Gasteiger partial charge on any atom is -0.447 e. The number of aromatic nitrogens is 2. The highest BCUT2D eigenvalue weighted by molar-refractivity contribution is 5.85. The van der Waals surface area contributed by atoms with Gasteiger partial charge in [-0.1, -0.05) is 42.5 Å². The second-order valence-corrected chi connectivity index (χ2v) is 7.51. The molecule has 2 heterocycles. The molecule has 0 radical (unpaired) electrons. The number of hydrogen-bond acceptors (Lipinski definition) is 5. The number of hydrogen-bond donors (Lipinski definition) is 1. The van der Waals surface area contributed by atoms with Crippen LogP contribution in [-0.4, -0.2) is 39.6 Å². The van der Waals surface area contributed by atoms with Gasteiger partial charge in [-0.05, 0) is 25.0 Å². The second kappa shape index (κ2) is 8.99. The minimum atomic E-state index is -1.03. The molecule has 1 saturated heterocycles. The molecule has 1 aliphatic rings. The summed E-state index contributed by atoms with van der Waals surface area (Å²) >= 11 is 0. The van der Waals surface area contributed by atoms with Crippen molar-refractivity contribution in [2.45, 2.75) is 31.9 Å². The van der Waals surface area contributed by atoms with Crippen LogP contribution in [0, 0.1) is 0 Å². The predicted octanol–water partition coefficient (Wildman–Crippen LogP) is 1.99. The Bertz CT molecular complexity index is 1210. The van der Waals surface area contributed by atoms with Crippen LogP contribution in [0.4, 0.5) is 0 Å². The zero-order valence-electron chi connectivity index (χ0n) is 17.0. The number of nitrogens with one attached hydrogen (secondary N) is 1. The summed E-state index contributed by atoms with van der Waals surface area (Å²) in [4.78, 5) is 52.0. The van der Waals surface area contributed by atoms with Crippen LogP contribution in [-0.2, 0) is 20.9 Å². The third-order valence-electron chi connectivity index (χ3n) is 5.42. The van der Waals surface area contributed by atoms with Crippen molar-refractivity contribution in [3.05, 3.63) is 80.9 Å². The average molecular weight is 421 g/mol. The van der Waals surface area contributed by atoms with Gasteiger partial charge in [0.2, 0.25) is 6.10 Å². The first-order valence-corrected chi connectivity index (χ1v) is 10.3. The van der Waals surface area contributed by atoms with E-state index >= 15 is 0 Å². The van der Waals surface area contributed by atoms with Crippen molar-refractivity contribution in [2.75, 3.05) is 13.1 Å². The molecule has 31 heavy (non-hydrogen) atoms. The van der Waals surface area contributed by atoms with E-state index in [4.69, 9.17) is 4.74 Å². The van der Waals surface area contributed by atoms with E-state index < -0.39 is 23.2 Å². The van der Waals surface area contributed by atoms with Gasteiger partial charge in [-0.3, -0.25) is 24.3 Å². The number of amides is 1. The van der Waals surface area contributed by atoms with Gasteiger partial charge in [-0.15, -0.1) is 0 Å². The summed E-state index contributed by atoms with van der Waals surface area (Å²) in [5, 5.41) is 3.07. The van der Waals surface area contributed by atoms with Gasteiger partial charge in [0.25, 0.3) is 17.0 Å². The summed E-state index contributed by atoms with van der Waals surface area (Å²) in [6.45, 7) is 1.23. The summed E-state index contributed by atoms with van der Waals surface area (Å²) in [7, 11) is 0. The number of aromatic amines is 1. The largest absolute Gasteiger partial charge is 0.447 e. The number of benzene rings is 2. The lowest BCUT2D eigenvalue weighted by Crippen LogP contribution is -2.35. The molecule has 4 rings (SSSR count). The van der Waals surface area contributed by atoms with Gasteiger partial charge in [0.1, 0.15) is 0 Å².